The number of hydrogen-bond donors (Lipinski definition) is 1. The molecule has 5 heteroatoms. The first-order valence-electron chi connectivity index (χ1n) is 6.02. The standard InChI is InChI=1S/C14H15ClFN3/c1-8(2)12-13(15)17-7-18-14(12)19-10-5-4-9(3)11(16)6-10/h4-8H,1-3H3,(H,17,18,19). The van der Waals surface area contributed by atoms with Crippen molar-refractivity contribution >= 4 is 23.1 Å². The van der Waals surface area contributed by atoms with Crippen LogP contribution in [0, 0.1) is 12.7 Å². The number of anilines is 2. The van der Waals surface area contributed by atoms with Crippen LogP contribution in [0.2, 0.25) is 5.15 Å². The van der Waals surface area contributed by atoms with Crippen LogP contribution in [0.25, 0.3) is 0 Å². The molecule has 0 aliphatic carbocycles. The number of benzene rings is 1. The van der Waals surface area contributed by atoms with E-state index in [0.717, 1.165) is 5.56 Å². The molecule has 0 atom stereocenters. The summed E-state index contributed by atoms with van der Waals surface area (Å²) in [4.78, 5) is 8.15. The fraction of sp³-hybridized carbons (Fsp3) is 0.286. The number of hydrogen-bond acceptors (Lipinski definition) is 3. The Hall–Kier alpha value is -1.68. The van der Waals surface area contributed by atoms with Gasteiger partial charge in [0.15, 0.2) is 0 Å². The summed E-state index contributed by atoms with van der Waals surface area (Å²) in [6.07, 6.45) is 1.39. The highest BCUT2D eigenvalue weighted by atomic mass is 35.5. The normalized spacial score (nSPS) is 10.8. The van der Waals surface area contributed by atoms with Crippen molar-refractivity contribution in [2.75, 3.05) is 5.32 Å². The van der Waals surface area contributed by atoms with Gasteiger partial charge in [-0.05, 0) is 30.5 Å². The highest BCUT2D eigenvalue weighted by molar-refractivity contribution is 6.30. The van der Waals surface area contributed by atoms with Crippen LogP contribution in [-0.4, -0.2) is 9.97 Å². The van der Waals surface area contributed by atoms with Gasteiger partial charge in [-0.2, -0.15) is 0 Å². The van der Waals surface area contributed by atoms with Crippen LogP contribution in [0.1, 0.15) is 30.9 Å². The lowest BCUT2D eigenvalue weighted by molar-refractivity contribution is 0.619. The molecule has 1 heterocycles. The molecule has 0 spiro atoms. The molecule has 1 N–H and O–H groups in total. The lowest BCUT2D eigenvalue weighted by Gasteiger charge is -2.14. The number of rotatable bonds is 3. The minimum Gasteiger partial charge on any atom is -0.340 e. The van der Waals surface area contributed by atoms with Crippen molar-refractivity contribution in [3.63, 3.8) is 0 Å². The fourth-order valence-electron chi connectivity index (χ4n) is 1.79. The largest absolute Gasteiger partial charge is 0.340 e. The van der Waals surface area contributed by atoms with Crippen LogP contribution < -0.4 is 5.32 Å². The van der Waals surface area contributed by atoms with Crippen molar-refractivity contribution in [3.8, 4) is 0 Å². The molecular weight excluding hydrogens is 265 g/mol. The van der Waals surface area contributed by atoms with Gasteiger partial charge in [-0.25, -0.2) is 14.4 Å². The van der Waals surface area contributed by atoms with Gasteiger partial charge in [0.1, 0.15) is 23.1 Å². The zero-order valence-corrected chi connectivity index (χ0v) is 11.8. The molecule has 2 aromatic rings. The molecule has 0 radical (unpaired) electrons. The van der Waals surface area contributed by atoms with Crippen molar-refractivity contribution in [3.05, 3.63) is 46.6 Å². The second kappa shape index (κ2) is 5.53. The van der Waals surface area contributed by atoms with Crippen LogP contribution >= 0.6 is 11.6 Å². The second-order valence-corrected chi connectivity index (χ2v) is 5.03. The van der Waals surface area contributed by atoms with Crippen LogP contribution in [-0.2, 0) is 0 Å². The van der Waals surface area contributed by atoms with Crippen LogP contribution in [0.5, 0.6) is 0 Å². The van der Waals surface area contributed by atoms with E-state index in [9.17, 15) is 4.39 Å². The first-order chi connectivity index (χ1) is 8.99. The van der Waals surface area contributed by atoms with E-state index in [1.54, 1.807) is 19.1 Å². The molecule has 3 nitrogen and oxygen atoms in total. The molecule has 2 rings (SSSR count). The van der Waals surface area contributed by atoms with E-state index in [0.29, 0.717) is 22.2 Å². The fourth-order valence-corrected chi connectivity index (χ4v) is 2.14. The van der Waals surface area contributed by atoms with Gasteiger partial charge in [0.25, 0.3) is 0 Å². The van der Waals surface area contributed by atoms with Gasteiger partial charge in [0.2, 0.25) is 0 Å². The monoisotopic (exact) mass is 279 g/mol. The van der Waals surface area contributed by atoms with Crippen molar-refractivity contribution in [1.29, 1.82) is 0 Å². The van der Waals surface area contributed by atoms with E-state index in [2.05, 4.69) is 15.3 Å². The van der Waals surface area contributed by atoms with E-state index < -0.39 is 0 Å². The van der Waals surface area contributed by atoms with Gasteiger partial charge < -0.3 is 5.32 Å². The summed E-state index contributed by atoms with van der Waals surface area (Å²) in [5.41, 5.74) is 2.07. The summed E-state index contributed by atoms with van der Waals surface area (Å²) in [7, 11) is 0. The lowest BCUT2D eigenvalue weighted by Crippen LogP contribution is -2.03. The third kappa shape index (κ3) is 3.01. The molecule has 0 amide bonds. The Morgan fingerprint density at radius 3 is 2.63 bits per heavy atom. The highest BCUT2D eigenvalue weighted by Gasteiger charge is 2.14. The Bertz CT molecular complexity index is 599. The van der Waals surface area contributed by atoms with Gasteiger partial charge in [-0.3, -0.25) is 0 Å². The summed E-state index contributed by atoms with van der Waals surface area (Å²) in [5.74, 6) is 0.529. The van der Waals surface area contributed by atoms with E-state index in [1.165, 1.54) is 12.4 Å². The quantitative estimate of drug-likeness (QED) is 0.844. The van der Waals surface area contributed by atoms with Gasteiger partial charge in [-0.1, -0.05) is 31.5 Å². The molecule has 1 aromatic heterocycles. The zero-order chi connectivity index (χ0) is 14.0. The maximum absolute atomic E-state index is 13.5. The molecule has 1 aromatic carbocycles. The molecule has 0 unspecified atom stereocenters. The predicted molar refractivity (Wildman–Crippen MR) is 75.6 cm³/mol. The maximum Gasteiger partial charge on any atom is 0.138 e. The third-order valence-corrected chi connectivity index (χ3v) is 3.15. The average Bonchev–Trinajstić information content (AvgIpc) is 2.33. The number of aromatic nitrogens is 2. The minimum atomic E-state index is -0.253. The number of nitrogens with zero attached hydrogens (tertiary/aromatic N) is 2. The topological polar surface area (TPSA) is 37.8 Å². The molecular formula is C14H15ClFN3. The van der Waals surface area contributed by atoms with Crippen molar-refractivity contribution < 1.29 is 4.39 Å². The second-order valence-electron chi connectivity index (χ2n) is 4.67. The Morgan fingerprint density at radius 1 is 1.26 bits per heavy atom. The Kier molecular flexibility index (Phi) is 4.00. The molecule has 0 saturated carbocycles. The third-order valence-electron chi connectivity index (χ3n) is 2.85. The van der Waals surface area contributed by atoms with E-state index in [-0.39, 0.29) is 11.7 Å². The molecule has 0 aliphatic heterocycles. The summed E-state index contributed by atoms with van der Waals surface area (Å²) >= 11 is 6.08. The lowest BCUT2D eigenvalue weighted by atomic mass is 10.1. The Morgan fingerprint density at radius 2 is 2.00 bits per heavy atom. The van der Waals surface area contributed by atoms with Crippen LogP contribution in [0.4, 0.5) is 15.9 Å². The summed E-state index contributed by atoms with van der Waals surface area (Å²) in [6, 6.07) is 4.96. The van der Waals surface area contributed by atoms with Crippen molar-refractivity contribution in [1.82, 2.24) is 9.97 Å². The van der Waals surface area contributed by atoms with Gasteiger partial charge in [0.05, 0.1) is 0 Å². The van der Waals surface area contributed by atoms with Crippen molar-refractivity contribution in [2.45, 2.75) is 26.7 Å². The first kappa shape index (κ1) is 13.7. The SMILES string of the molecule is Cc1ccc(Nc2ncnc(Cl)c2C(C)C)cc1F. The Balaban J connectivity index is 2.38. The van der Waals surface area contributed by atoms with E-state index in [1.807, 2.05) is 13.8 Å². The smallest absolute Gasteiger partial charge is 0.138 e. The van der Waals surface area contributed by atoms with Crippen LogP contribution in [0.3, 0.4) is 0 Å². The van der Waals surface area contributed by atoms with Crippen LogP contribution in [0.15, 0.2) is 24.5 Å². The maximum atomic E-state index is 13.5. The molecule has 0 aliphatic rings. The summed E-state index contributed by atoms with van der Waals surface area (Å²) in [6.45, 7) is 5.73. The van der Waals surface area contributed by atoms with Gasteiger partial charge in [-0.15, -0.1) is 0 Å². The number of halogens is 2. The molecule has 0 bridgehead atoms. The van der Waals surface area contributed by atoms with Gasteiger partial charge >= 0.3 is 0 Å². The molecule has 19 heavy (non-hydrogen) atoms. The Labute approximate surface area is 116 Å². The number of aryl methyl sites for hydroxylation is 1. The van der Waals surface area contributed by atoms with E-state index in [4.69, 9.17) is 11.6 Å². The van der Waals surface area contributed by atoms with E-state index >= 15 is 0 Å². The molecule has 100 valence electrons. The van der Waals surface area contributed by atoms with Gasteiger partial charge in [0, 0.05) is 11.3 Å². The van der Waals surface area contributed by atoms with Crippen molar-refractivity contribution in [2.24, 2.45) is 0 Å². The average molecular weight is 280 g/mol. The highest BCUT2D eigenvalue weighted by Crippen LogP contribution is 2.30. The predicted octanol–water partition coefficient (Wildman–Crippen LogP) is 4.44. The summed E-state index contributed by atoms with van der Waals surface area (Å²) in [5, 5.41) is 3.50. The molecule has 0 saturated heterocycles. The zero-order valence-electron chi connectivity index (χ0n) is 11.0. The molecule has 0 fully saturated rings. The first-order valence-corrected chi connectivity index (χ1v) is 6.40. The summed E-state index contributed by atoms with van der Waals surface area (Å²) < 4.78 is 13.5. The minimum absolute atomic E-state index is 0.173. The number of nitrogens with one attached hydrogen (secondary N) is 1.